The second-order valence-electron chi connectivity index (χ2n) is 6.66. The summed E-state index contributed by atoms with van der Waals surface area (Å²) in [7, 11) is 0. The summed E-state index contributed by atoms with van der Waals surface area (Å²) in [5.41, 5.74) is 3.00. The van der Waals surface area contributed by atoms with Crippen molar-refractivity contribution >= 4 is 11.8 Å². The van der Waals surface area contributed by atoms with E-state index in [2.05, 4.69) is 34.5 Å². The van der Waals surface area contributed by atoms with Crippen LogP contribution >= 0.6 is 0 Å². The molecule has 1 N–H and O–H groups in total. The smallest absolute Gasteiger partial charge is 0.253 e. The van der Waals surface area contributed by atoms with Gasteiger partial charge in [0.05, 0.1) is 0 Å². The molecule has 2 amide bonds. The molecule has 2 aromatic carbocycles. The average molecular weight is 351 g/mol. The highest BCUT2D eigenvalue weighted by molar-refractivity contribution is 5.94. The summed E-state index contributed by atoms with van der Waals surface area (Å²) >= 11 is 0. The Morgan fingerprint density at radius 2 is 1.54 bits per heavy atom. The summed E-state index contributed by atoms with van der Waals surface area (Å²) < 4.78 is 0. The number of carbonyl (C=O) groups is 2. The van der Waals surface area contributed by atoms with Gasteiger partial charge in [0.2, 0.25) is 5.91 Å². The maximum Gasteiger partial charge on any atom is 0.253 e. The number of amides is 2. The van der Waals surface area contributed by atoms with Gasteiger partial charge in [-0.05, 0) is 23.3 Å². The van der Waals surface area contributed by atoms with Crippen molar-refractivity contribution in [3.8, 4) is 0 Å². The van der Waals surface area contributed by atoms with Gasteiger partial charge >= 0.3 is 0 Å². The minimum atomic E-state index is -0.0569. The zero-order chi connectivity index (χ0) is 18.4. The summed E-state index contributed by atoms with van der Waals surface area (Å²) in [6.07, 6.45) is 0. The lowest BCUT2D eigenvalue weighted by Gasteiger charge is -2.34. The van der Waals surface area contributed by atoms with Gasteiger partial charge in [0.15, 0.2) is 0 Å². The summed E-state index contributed by atoms with van der Waals surface area (Å²) in [5.74, 6) is 0.0222. The van der Waals surface area contributed by atoms with Crippen LogP contribution in [-0.4, -0.2) is 47.8 Å². The van der Waals surface area contributed by atoms with E-state index in [0.29, 0.717) is 12.1 Å². The van der Waals surface area contributed by atoms with Crippen LogP contribution in [0.4, 0.5) is 0 Å². The molecule has 26 heavy (non-hydrogen) atoms. The second-order valence-corrected chi connectivity index (χ2v) is 6.66. The Kier molecular flexibility index (Phi) is 6.02. The van der Waals surface area contributed by atoms with Gasteiger partial charge in [-0.3, -0.25) is 14.5 Å². The van der Waals surface area contributed by atoms with Gasteiger partial charge in [-0.15, -0.1) is 0 Å². The van der Waals surface area contributed by atoms with Crippen molar-refractivity contribution in [1.82, 2.24) is 15.1 Å². The second kappa shape index (κ2) is 8.63. The minimum Gasteiger partial charge on any atom is -0.352 e. The van der Waals surface area contributed by atoms with Gasteiger partial charge in [-0.1, -0.05) is 42.5 Å². The van der Waals surface area contributed by atoms with E-state index in [1.807, 2.05) is 35.2 Å². The lowest BCUT2D eigenvalue weighted by atomic mass is 10.1. The molecule has 0 spiro atoms. The highest BCUT2D eigenvalue weighted by atomic mass is 16.2. The fourth-order valence-electron chi connectivity index (χ4n) is 3.12. The SMILES string of the molecule is CC(=O)NCc1ccc(C(=O)N2CCN(Cc3ccccc3)CC2)cc1. The topological polar surface area (TPSA) is 52.7 Å². The third-order valence-electron chi connectivity index (χ3n) is 4.65. The molecule has 3 rings (SSSR count). The van der Waals surface area contributed by atoms with Crippen molar-refractivity contribution < 1.29 is 9.59 Å². The number of rotatable bonds is 5. The van der Waals surface area contributed by atoms with E-state index in [1.54, 1.807) is 0 Å². The van der Waals surface area contributed by atoms with Gasteiger partial charge < -0.3 is 10.2 Å². The molecular formula is C21H25N3O2. The van der Waals surface area contributed by atoms with Gasteiger partial charge in [0.25, 0.3) is 5.91 Å². The Bertz CT molecular complexity index is 736. The summed E-state index contributed by atoms with van der Waals surface area (Å²) in [6, 6.07) is 17.9. The molecular weight excluding hydrogens is 326 g/mol. The number of hydrogen-bond acceptors (Lipinski definition) is 3. The van der Waals surface area contributed by atoms with E-state index in [0.717, 1.165) is 38.3 Å². The standard InChI is InChI=1S/C21H25N3O2/c1-17(25)22-15-18-7-9-20(10-8-18)21(26)24-13-11-23(12-14-24)16-19-5-3-2-4-6-19/h2-10H,11-16H2,1H3,(H,22,25). The van der Waals surface area contributed by atoms with Crippen LogP contribution < -0.4 is 5.32 Å². The van der Waals surface area contributed by atoms with Crippen LogP contribution in [0.1, 0.15) is 28.4 Å². The van der Waals surface area contributed by atoms with E-state index < -0.39 is 0 Å². The largest absolute Gasteiger partial charge is 0.352 e. The predicted molar refractivity (Wildman–Crippen MR) is 102 cm³/mol. The molecule has 0 radical (unpaired) electrons. The molecule has 1 aliphatic rings. The Morgan fingerprint density at radius 3 is 2.15 bits per heavy atom. The van der Waals surface area contributed by atoms with Gasteiger partial charge in [0.1, 0.15) is 0 Å². The first kappa shape index (κ1) is 18.1. The van der Waals surface area contributed by atoms with Crippen LogP contribution in [0.25, 0.3) is 0 Å². The fraction of sp³-hybridized carbons (Fsp3) is 0.333. The normalized spacial score (nSPS) is 14.9. The average Bonchev–Trinajstić information content (AvgIpc) is 2.68. The molecule has 0 aliphatic carbocycles. The van der Waals surface area contributed by atoms with Crippen LogP contribution in [0.15, 0.2) is 54.6 Å². The molecule has 5 nitrogen and oxygen atoms in total. The Labute approximate surface area is 154 Å². The summed E-state index contributed by atoms with van der Waals surface area (Å²) in [6.45, 7) is 6.19. The maximum absolute atomic E-state index is 12.7. The van der Waals surface area contributed by atoms with E-state index in [1.165, 1.54) is 12.5 Å². The lowest BCUT2D eigenvalue weighted by molar-refractivity contribution is -0.119. The van der Waals surface area contributed by atoms with Crippen LogP contribution in [0.3, 0.4) is 0 Å². The Morgan fingerprint density at radius 1 is 0.885 bits per heavy atom. The first-order valence-corrected chi connectivity index (χ1v) is 9.01. The van der Waals surface area contributed by atoms with Crippen molar-refractivity contribution in [2.75, 3.05) is 26.2 Å². The monoisotopic (exact) mass is 351 g/mol. The molecule has 1 aliphatic heterocycles. The number of piperazine rings is 1. The highest BCUT2D eigenvalue weighted by Gasteiger charge is 2.22. The molecule has 0 aromatic heterocycles. The van der Waals surface area contributed by atoms with Crippen molar-refractivity contribution in [1.29, 1.82) is 0 Å². The number of carbonyl (C=O) groups excluding carboxylic acids is 2. The van der Waals surface area contributed by atoms with Crippen LogP contribution in [-0.2, 0) is 17.9 Å². The molecule has 1 fully saturated rings. The van der Waals surface area contributed by atoms with E-state index in [-0.39, 0.29) is 11.8 Å². The van der Waals surface area contributed by atoms with Gasteiger partial charge in [0, 0.05) is 51.8 Å². The van der Waals surface area contributed by atoms with Crippen LogP contribution in [0.5, 0.6) is 0 Å². The Hall–Kier alpha value is -2.66. The van der Waals surface area contributed by atoms with E-state index in [9.17, 15) is 9.59 Å². The quantitative estimate of drug-likeness (QED) is 0.899. The molecule has 0 bridgehead atoms. The first-order chi connectivity index (χ1) is 12.6. The molecule has 0 saturated carbocycles. The van der Waals surface area contributed by atoms with Gasteiger partial charge in [-0.25, -0.2) is 0 Å². The summed E-state index contributed by atoms with van der Waals surface area (Å²) in [5, 5.41) is 2.76. The number of nitrogens with zero attached hydrogens (tertiary/aromatic N) is 2. The number of benzene rings is 2. The van der Waals surface area contributed by atoms with Crippen molar-refractivity contribution in [3.05, 3.63) is 71.3 Å². The molecule has 5 heteroatoms. The third kappa shape index (κ3) is 4.92. The Balaban J connectivity index is 1.51. The van der Waals surface area contributed by atoms with E-state index >= 15 is 0 Å². The summed E-state index contributed by atoms with van der Waals surface area (Å²) in [4.78, 5) is 28.0. The molecule has 0 atom stereocenters. The van der Waals surface area contributed by atoms with Gasteiger partial charge in [-0.2, -0.15) is 0 Å². The molecule has 2 aromatic rings. The van der Waals surface area contributed by atoms with E-state index in [4.69, 9.17) is 0 Å². The predicted octanol–water partition coefficient (Wildman–Crippen LogP) is 2.28. The van der Waals surface area contributed by atoms with Crippen LogP contribution in [0.2, 0.25) is 0 Å². The zero-order valence-electron chi connectivity index (χ0n) is 15.1. The number of nitrogens with one attached hydrogen (secondary N) is 1. The number of hydrogen-bond donors (Lipinski definition) is 1. The van der Waals surface area contributed by atoms with Crippen LogP contribution in [0, 0.1) is 0 Å². The molecule has 1 heterocycles. The molecule has 136 valence electrons. The van der Waals surface area contributed by atoms with Crippen molar-refractivity contribution in [2.45, 2.75) is 20.0 Å². The lowest BCUT2D eigenvalue weighted by Crippen LogP contribution is -2.48. The maximum atomic E-state index is 12.7. The van der Waals surface area contributed by atoms with Crippen molar-refractivity contribution in [2.24, 2.45) is 0 Å². The molecule has 0 unspecified atom stereocenters. The fourth-order valence-corrected chi connectivity index (χ4v) is 3.12. The van der Waals surface area contributed by atoms with Crippen molar-refractivity contribution in [3.63, 3.8) is 0 Å². The first-order valence-electron chi connectivity index (χ1n) is 9.01. The minimum absolute atomic E-state index is 0.0569. The highest BCUT2D eigenvalue weighted by Crippen LogP contribution is 2.12. The third-order valence-corrected chi connectivity index (χ3v) is 4.65. The molecule has 1 saturated heterocycles. The zero-order valence-corrected chi connectivity index (χ0v) is 15.1.